The highest BCUT2D eigenvalue weighted by Crippen LogP contribution is 2.34. The Labute approximate surface area is 124 Å². The van der Waals surface area contributed by atoms with Crippen molar-refractivity contribution in [2.75, 3.05) is 6.54 Å². The second-order valence-electron chi connectivity index (χ2n) is 4.16. The summed E-state index contributed by atoms with van der Waals surface area (Å²) in [6, 6.07) is 3.48. The summed E-state index contributed by atoms with van der Waals surface area (Å²) < 4.78 is 26.3. The molecule has 0 unspecified atom stereocenters. The molecule has 1 aliphatic heterocycles. The molecule has 0 bridgehead atoms. The third kappa shape index (κ3) is 2.65. The lowest BCUT2D eigenvalue weighted by molar-refractivity contribution is -0.140. The lowest BCUT2D eigenvalue weighted by Crippen LogP contribution is -2.40. The Balaban J connectivity index is 2.48. The number of benzene rings is 1. The van der Waals surface area contributed by atoms with Crippen molar-refractivity contribution in [3.05, 3.63) is 27.7 Å². The van der Waals surface area contributed by atoms with Crippen molar-refractivity contribution >= 4 is 43.5 Å². The maximum atomic E-state index is 12.5. The Bertz CT molecular complexity index is 619. The molecule has 1 saturated heterocycles. The molecule has 0 spiro atoms. The predicted octanol–water partition coefficient (Wildman–Crippen LogP) is 2.34. The van der Waals surface area contributed by atoms with Crippen LogP contribution < -0.4 is 0 Å². The molecule has 0 radical (unpaired) electrons. The first-order valence-electron chi connectivity index (χ1n) is 5.54. The minimum atomic E-state index is -3.86. The molecule has 1 heterocycles. The summed E-state index contributed by atoms with van der Waals surface area (Å²) in [5.74, 6) is -1.13. The van der Waals surface area contributed by atoms with Gasteiger partial charge in [-0.1, -0.05) is 17.7 Å². The van der Waals surface area contributed by atoms with Gasteiger partial charge in [-0.25, -0.2) is 8.42 Å². The molecule has 5 nitrogen and oxygen atoms in total. The van der Waals surface area contributed by atoms with Crippen LogP contribution in [0.4, 0.5) is 0 Å². The van der Waals surface area contributed by atoms with Crippen LogP contribution in [0.5, 0.6) is 0 Å². The van der Waals surface area contributed by atoms with Gasteiger partial charge in [0.05, 0.1) is 14.4 Å². The summed E-state index contributed by atoms with van der Waals surface area (Å²) in [6.07, 6.45) is 0.862. The quantitative estimate of drug-likeness (QED) is 0.888. The van der Waals surface area contributed by atoms with Crippen molar-refractivity contribution in [1.29, 1.82) is 0 Å². The van der Waals surface area contributed by atoms with Gasteiger partial charge in [0.15, 0.2) is 0 Å². The number of halogens is 2. The molecule has 0 aliphatic carbocycles. The van der Waals surface area contributed by atoms with Gasteiger partial charge in [-0.05, 0) is 40.9 Å². The average molecular weight is 369 g/mol. The van der Waals surface area contributed by atoms with Crippen LogP contribution in [-0.4, -0.2) is 36.4 Å². The first-order chi connectivity index (χ1) is 8.85. The fraction of sp³-hybridized carbons (Fsp3) is 0.364. The predicted molar refractivity (Wildman–Crippen MR) is 73.7 cm³/mol. The fourth-order valence-electron chi connectivity index (χ4n) is 2.08. The van der Waals surface area contributed by atoms with Crippen LogP contribution in [0.1, 0.15) is 12.8 Å². The van der Waals surface area contributed by atoms with Crippen molar-refractivity contribution in [2.24, 2.45) is 0 Å². The van der Waals surface area contributed by atoms with E-state index in [1.807, 2.05) is 0 Å². The number of carboxylic acid groups (broad SMARTS) is 1. The van der Waals surface area contributed by atoms with E-state index in [-0.39, 0.29) is 20.9 Å². The minimum absolute atomic E-state index is 0.00634. The summed E-state index contributed by atoms with van der Waals surface area (Å²) in [5, 5.41) is 9.34. The zero-order valence-electron chi connectivity index (χ0n) is 9.71. The van der Waals surface area contributed by atoms with Crippen molar-refractivity contribution in [1.82, 2.24) is 4.31 Å². The molecular formula is C11H11BrClNO4S. The largest absolute Gasteiger partial charge is 0.480 e. The van der Waals surface area contributed by atoms with E-state index >= 15 is 0 Å². The van der Waals surface area contributed by atoms with Gasteiger partial charge >= 0.3 is 5.97 Å². The number of sulfonamides is 1. The molecule has 1 aromatic rings. The third-order valence-corrected chi connectivity index (χ3v) is 6.60. The van der Waals surface area contributed by atoms with Crippen LogP contribution in [0, 0.1) is 0 Å². The van der Waals surface area contributed by atoms with Crippen molar-refractivity contribution in [3.8, 4) is 0 Å². The molecule has 1 fully saturated rings. The molecule has 1 aliphatic rings. The Morgan fingerprint density at radius 1 is 1.47 bits per heavy atom. The van der Waals surface area contributed by atoms with E-state index in [0.29, 0.717) is 12.8 Å². The van der Waals surface area contributed by atoms with Crippen molar-refractivity contribution in [3.63, 3.8) is 0 Å². The van der Waals surface area contributed by atoms with E-state index in [4.69, 9.17) is 16.7 Å². The highest BCUT2D eigenvalue weighted by Gasteiger charge is 2.40. The number of carbonyl (C=O) groups is 1. The molecule has 0 aromatic heterocycles. The summed E-state index contributed by atoms with van der Waals surface area (Å²) in [5.41, 5.74) is 0. The van der Waals surface area contributed by atoms with E-state index in [2.05, 4.69) is 15.9 Å². The van der Waals surface area contributed by atoms with Gasteiger partial charge in [0.2, 0.25) is 10.0 Å². The van der Waals surface area contributed by atoms with Gasteiger partial charge in [0.25, 0.3) is 0 Å². The van der Waals surface area contributed by atoms with Gasteiger partial charge in [0, 0.05) is 6.54 Å². The van der Waals surface area contributed by atoms with Gasteiger partial charge < -0.3 is 5.11 Å². The van der Waals surface area contributed by atoms with Gasteiger partial charge in [-0.2, -0.15) is 4.31 Å². The molecule has 19 heavy (non-hydrogen) atoms. The summed E-state index contributed by atoms with van der Waals surface area (Å²) in [7, 11) is -3.86. The molecule has 1 N–H and O–H groups in total. The Kier molecular flexibility index (Phi) is 4.20. The lowest BCUT2D eigenvalue weighted by atomic mass is 10.2. The van der Waals surface area contributed by atoms with Crippen LogP contribution in [0.3, 0.4) is 0 Å². The molecule has 1 aromatic carbocycles. The van der Waals surface area contributed by atoms with Crippen LogP contribution in [-0.2, 0) is 14.8 Å². The van der Waals surface area contributed by atoms with E-state index in [0.717, 1.165) is 4.31 Å². The summed E-state index contributed by atoms with van der Waals surface area (Å²) >= 11 is 9.01. The molecule has 104 valence electrons. The van der Waals surface area contributed by atoms with Crippen LogP contribution in [0.2, 0.25) is 5.02 Å². The second kappa shape index (κ2) is 5.40. The van der Waals surface area contributed by atoms with Crippen LogP contribution in [0.15, 0.2) is 27.6 Å². The fourth-order valence-corrected chi connectivity index (χ4v) is 4.93. The molecule has 8 heteroatoms. The third-order valence-electron chi connectivity index (χ3n) is 2.99. The highest BCUT2D eigenvalue weighted by molar-refractivity contribution is 9.10. The normalized spacial score (nSPS) is 20.6. The maximum absolute atomic E-state index is 12.5. The minimum Gasteiger partial charge on any atom is -0.480 e. The zero-order valence-corrected chi connectivity index (χ0v) is 12.9. The van der Waals surface area contributed by atoms with E-state index in [1.165, 1.54) is 12.1 Å². The number of aliphatic carboxylic acids is 1. The number of rotatable bonds is 3. The highest BCUT2D eigenvalue weighted by atomic mass is 79.9. The number of nitrogens with zero attached hydrogens (tertiary/aromatic N) is 1. The topological polar surface area (TPSA) is 74.7 Å². The molecule has 2 rings (SSSR count). The summed E-state index contributed by atoms with van der Waals surface area (Å²) in [6.45, 7) is 0.207. The smallest absolute Gasteiger partial charge is 0.322 e. The van der Waals surface area contributed by atoms with Crippen molar-refractivity contribution in [2.45, 2.75) is 23.8 Å². The maximum Gasteiger partial charge on any atom is 0.322 e. The monoisotopic (exact) mass is 367 g/mol. The van der Waals surface area contributed by atoms with Gasteiger partial charge in [-0.3, -0.25) is 4.79 Å². The number of hydrogen-bond donors (Lipinski definition) is 1. The molecule has 0 amide bonds. The number of carboxylic acids is 1. The van der Waals surface area contributed by atoms with E-state index in [1.54, 1.807) is 6.07 Å². The molecular weight excluding hydrogens is 358 g/mol. The van der Waals surface area contributed by atoms with Crippen molar-refractivity contribution < 1.29 is 18.3 Å². The SMILES string of the molecule is O=C(O)[C@@H]1CCCN1S(=O)(=O)c1cccc(Cl)c1Br. The Morgan fingerprint density at radius 3 is 2.79 bits per heavy atom. The Hall–Kier alpha value is -0.630. The second-order valence-corrected chi connectivity index (χ2v) is 7.22. The zero-order chi connectivity index (χ0) is 14.2. The lowest BCUT2D eigenvalue weighted by Gasteiger charge is -2.21. The number of hydrogen-bond acceptors (Lipinski definition) is 3. The Morgan fingerprint density at radius 2 is 2.16 bits per heavy atom. The average Bonchev–Trinajstić information content (AvgIpc) is 2.82. The first kappa shape index (κ1) is 14.8. The van der Waals surface area contributed by atoms with Crippen LogP contribution >= 0.6 is 27.5 Å². The van der Waals surface area contributed by atoms with Gasteiger partial charge in [-0.15, -0.1) is 0 Å². The molecule has 0 saturated carbocycles. The standard InChI is InChI=1S/C11H11BrClNO4S/c12-10-7(13)3-1-5-9(10)19(17,18)14-6-2-4-8(14)11(15)16/h1,3,5,8H,2,4,6H2,(H,15,16)/t8-/m0/s1. The van der Waals surface area contributed by atoms with Crippen LogP contribution in [0.25, 0.3) is 0 Å². The molecule has 1 atom stereocenters. The van der Waals surface area contributed by atoms with E-state index < -0.39 is 22.0 Å². The van der Waals surface area contributed by atoms with Gasteiger partial charge in [0.1, 0.15) is 6.04 Å². The first-order valence-corrected chi connectivity index (χ1v) is 8.15. The van der Waals surface area contributed by atoms with E-state index in [9.17, 15) is 13.2 Å². The summed E-state index contributed by atoms with van der Waals surface area (Å²) in [4.78, 5) is 11.1.